The Morgan fingerprint density at radius 2 is 2.04 bits per heavy atom. The number of amides is 1. The molecule has 0 aliphatic carbocycles. The van der Waals surface area contributed by atoms with E-state index in [1.54, 1.807) is 7.11 Å². The molecule has 132 valence electrons. The van der Waals surface area contributed by atoms with Gasteiger partial charge in [0.15, 0.2) is 17.6 Å². The fraction of sp³-hybridized carbons (Fsp3) is 0.316. The average molecular weight is 343 g/mol. The Kier molecular flexibility index (Phi) is 5.28. The lowest BCUT2D eigenvalue weighted by Crippen LogP contribution is -2.48. The van der Waals surface area contributed by atoms with Gasteiger partial charge in [0.05, 0.1) is 13.2 Å². The van der Waals surface area contributed by atoms with Crippen molar-refractivity contribution in [3.05, 3.63) is 54.1 Å². The second-order valence-corrected chi connectivity index (χ2v) is 5.77. The highest BCUT2D eigenvalue weighted by Gasteiger charge is 2.27. The molecule has 6 heteroatoms. The minimum Gasteiger partial charge on any atom is -0.497 e. The summed E-state index contributed by atoms with van der Waals surface area (Å²) in [7, 11) is 1.60. The molecule has 1 amide bonds. The molecule has 3 rings (SSSR count). The lowest BCUT2D eigenvalue weighted by Gasteiger charge is -2.30. The zero-order chi connectivity index (χ0) is 17.6. The molecule has 0 spiro atoms. The monoisotopic (exact) mass is 343 g/mol. The molecule has 0 radical (unpaired) electrons. The van der Waals surface area contributed by atoms with Crippen LogP contribution in [0.3, 0.4) is 0 Å². The lowest BCUT2D eigenvalue weighted by molar-refractivity contribution is 0.0618. The quantitative estimate of drug-likeness (QED) is 0.903. The molecule has 0 aromatic heterocycles. The molecule has 0 saturated carbocycles. The van der Waals surface area contributed by atoms with Crippen LogP contribution in [0.2, 0.25) is 0 Å². The Balaban J connectivity index is 1.49. The number of hydrogen-bond donors (Lipinski definition) is 1. The summed E-state index contributed by atoms with van der Waals surface area (Å²) in [5.41, 5.74) is 0.855. The van der Waals surface area contributed by atoms with Crippen LogP contribution in [0.15, 0.2) is 48.5 Å². The standard InChI is InChI=1S/C19H21NO5/c1-13(18-12-23-16-8-3-4-9-17(16)25-18)20-19(21)24-11-14-6-5-7-15(10-14)22-2/h3-10,13,18H,11-12H2,1-2H3,(H,20,21). The Morgan fingerprint density at radius 1 is 1.24 bits per heavy atom. The van der Waals surface area contributed by atoms with Crippen molar-refractivity contribution in [3.63, 3.8) is 0 Å². The summed E-state index contributed by atoms with van der Waals surface area (Å²) in [4.78, 5) is 12.0. The largest absolute Gasteiger partial charge is 0.497 e. The molecule has 2 atom stereocenters. The van der Waals surface area contributed by atoms with Crippen LogP contribution in [0.4, 0.5) is 4.79 Å². The van der Waals surface area contributed by atoms with Gasteiger partial charge in [0.1, 0.15) is 19.0 Å². The Morgan fingerprint density at radius 3 is 2.84 bits per heavy atom. The highest BCUT2D eigenvalue weighted by molar-refractivity contribution is 5.67. The highest BCUT2D eigenvalue weighted by atomic mass is 16.6. The zero-order valence-electron chi connectivity index (χ0n) is 14.2. The number of carbonyl (C=O) groups is 1. The van der Waals surface area contributed by atoms with E-state index in [2.05, 4.69) is 5.32 Å². The number of benzene rings is 2. The van der Waals surface area contributed by atoms with Gasteiger partial charge in [-0.3, -0.25) is 0 Å². The topological polar surface area (TPSA) is 66.0 Å². The van der Waals surface area contributed by atoms with Crippen LogP contribution in [0.25, 0.3) is 0 Å². The molecule has 25 heavy (non-hydrogen) atoms. The third-order valence-electron chi connectivity index (χ3n) is 3.94. The molecule has 0 bridgehead atoms. The van der Waals surface area contributed by atoms with E-state index in [1.807, 2.05) is 55.5 Å². The predicted octanol–water partition coefficient (Wildman–Crippen LogP) is 3.15. The van der Waals surface area contributed by atoms with Crippen molar-refractivity contribution in [1.82, 2.24) is 5.32 Å². The van der Waals surface area contributed by atoms with Gasteiger partial charge in [0, 0.05) is 0 Å². The summed E-state index contributed by atoms with van der Waals surface area (Å²) in [5, 5.41) is 2.78. The number of nitrogens with one attached hydrogen (secondary N) is 1. The zero-order valence-corrected chi connectivity index (χ0v) is 14.2. The summed E-state index contributed by atoms with van der Waals surface area (Å²) in [6.45, 7) is 2.39. The molecule has 2 aromatic carbocycles. The van der Waals surface area contributed by atoms with Crippen LogP contribution < -0.4 is 19.5 Å². The van der Waals surface area contributed by atoms with E-state index < -0.39 is 6.09 Å². The van der Waals surface area contributed by atoms with Crippen LogP contribution in [-0.4, -0.2) is 32.0 Å². The Hall–Kier alpha value is -2.89. The molecule has 1 heterocycles. The average Bonchev–Trinajstić information content (AvgIpc) is 2.66. The van der Waals surface area contributed by atoms with E-state index in [4.69, 9.17) is 18.9 Å². The smallest absolute Gasteiger partial charge is 0.407 e. The number of rotatable bonds is 5. The number of hydrogen-bond acceptors (Lipinski definition) is 5. The van der Waals surface area contributed by atoms with Crippen molar-refractivity contribution in [3.8, 4) is 17.2 Å². The van der Waals surface area contributed by atoms with Gasteiger partial charge in [-0.15, -0.1) is 0 Å². The number of ether oxygens (including phenoxy) is 4. The molecule has 1 aliphatic rings. The summed E-state index contributed by atoms with van der Waals surface area (Å²) < 4.78 is 21.9. The number of carbonyl (C=O) groups excluding carboxylic acids is 1. The fourth-order valence-electron chi connectivity index (χ4n) is 2.51. The van der Waals surface area contributed by atoms with Gasteiger partial charge in [0.25, 0.3) is 0 Å². The molecule has 2 aromatic rings. The van der Waals surface area contributed by atoms with Crippen LogP contribution >= 0.6 is 0 Å². The second kappa shape index (κ2) is 7.79. The van der Waals surface area contributed by atoms with Crippen LogP contribution in [0, 0.1) is 0 Å². The Bertz CT molecular complexity index is 733. The minimum absolute atomic E-state index is 0.167. The molecular formula is C19H21NO5. The van der Waals surface area contributed by atoms with Crippen LogP contribution in [0.5, 0.6) is 17.2 Å². The van der Waals surface area contributed by atoms with Crippen molar-refractivity contribution >= 4 is 6.09 Å². The molecular weight excluding hydrogens is 322 g/mol. The van der Waals surface area contributed by atoms with E-state index in [0.29, 0.717) is 18.1 Å². The fourth-order valence-corrected chi connectivity index (χ4v) is 2.51. The van der Waals surface area contributed by atoms with Gasteiger partial charge in [-0.1, -0.05) is 24.3 Å². The third-order valence-corrected chi connectivity index (χ3v) is 3.94. The van der Waals surface area contributed by atoms with Gasteiger partial charge < -0.3 is 24.3 Å². The van der Waals surface area contributed by atoms with Crippen LogP contribution in [-0.2, 0) is 11.3 Å². The first-order valence-electron chi connectivity index (χ1n) is 8.10. The van der Waals surface area contributed by atoms with Gasteiger partial charge in [-0.2, -0.15) is 0 Å². The van der Waals surface area contributed by atoms with Gasteiger partial charge in [0.2, 0.25) is 0 Å². The van der Waals surface area contributed by atoms with E-state index >= 15 is 0 Å². The van der Waals surface area contributed by atoms with Crippen molar-refractivity contribution in [2.24, 2.45) is 0 Å². The number of methoxy groups -OCH3 is 1. The maximum Gasteiger partial charge on any atom is 0.407 e. The molecule has 0 saturated heterocycles. The predicted molar refractivity (Wildman–Crippen MR) is 92.1 cm³/mol. The first-order valence-corrected chi connectivity index (χ1v) is 8.10. The highest BCUT2D eigenvalue weighted by Crippen LogP contribution is 2.31. The summed E-state index contributed by atoms with van der Waals surface area (Å²) >= 11 is 0. The Labute approximate surface area is 146 Å². The molecule has 6 nitrogen and oxygen atoms in total. The minimum atomic E-state index is -0.502. The first-order chi connectivity index (χ1) is 12.2. The molecule has 0 fully saturated rings. The van der Waals surface area contributed by atoms with Crippen molar-refractivity contribution in [2.75, 3.05) is 13.7 Å². The molecule has 1 aliphatic heterocycles. The molecule has 1 N–H and O–H groups in total. The summed E-state index contributed by atoms with van der Waals surface area (Å²) in [6, 6.07) is 14.6. The third kappa shape index (κ3) is 4.35. The van der Waals surface area contributed by atoms with Crippen molar-refractivity contribution < 1.29 is 23.7 Å². The van der Waals surface area contributed by atoms with E-state index in [-0.39, 0.29) is 18.8 Å². The van der Waals surface area contributed by atoms with E-state index in [0.717, 1.165) is 11.3 Å². The van der Waals surface area contributed by atoms with Gasteiger partial charge in [-0.05, 0) is 36.8 Å². The second-order valence-electron chi connectivity index (χ2n) is 5.77. The maximum absolute atomic E-state index is 12.0. The number of alkyl carbamates (subject to hydrolysis) is 1. The summed E-state index contributed by atoms with van der Waals surface area (Å²) in [6.07, 6.45) is -0.781. The van der Waals surface area contributed by atoms with Crippen molar-refractivity contribution in [2.45, 2.75) is 25.7 Å². The molecule has 2 unspecified atom stereocenters. The number of para-hydroxylation sites is 2. The van der Waals surface area contributed by atoms with Crippen LogP contribution in [0.1, 0.15) is 12.5 Å². The SMILES string of the molecule is COc1cccc(COC(=O)NC(C)C2COc3ccccc3O2)c1. The lowest BCUT2D eigenvalue weighted by atomic mass is 10.1. The first kappa shape index (κ1) is 17.0. The van der Waals surface area contributed by atoms with E-state index in [9.17, 15) is 4.79 Å². The normalized spacial score (nSPS) is 16.6. The number of fused-ring (bicyclic) bond motifs is 1. The van der Waals surface area contributed by atoms with Gasteiger partial charge >= 0.3 is 6.09 Å². The summed E-state index contributed by atoms with van der Waals surface area (Å²) in [5.74, 6) is 2.12. The van der Waals surface area contributed by atoms with Crippen molar-refractivity contribution in [1.29, 1.82) is 0 Å². The van der Waals surface area contributed by atoms with Gasteiger partial charge in [-0.25, -0.2) is 4.79 Å². The van der Waals surface area contributed by atoms with E-state index in [1.165, 1.54) is 0 Å². The maximum atomic E-state index is 12.0.